The highest BCUT2D eigenvalue weighted by Crippen LogP contribution is 2.44. The number of nitrogens with zero attached hydrogens (tertiary/aromatic N) is 9. The number of aromatic amines is 3. The number of hydrogen-bond acceptors (Lipinski definition) is 26. The topological polar surface area (TPSA) is 395 Å². The number of aromatic nitrogens is 9. The highest BCUT2D eigenvalue weighted by molar-refractivity contribution is 7.92. The minimum Gasteiger partial charge on any atom is -0.489 e. The van der Waals surface area contributed by atoms with Gasteiger partial charge in [0.25, 0.3) is 0 Å². The van der Waals surface area contributed by atoms with E-state index < -0.39 is 45.3 Å². The van der Waals surface area contributed by atoms with Crippen molar-refractivity contribution in [2.45, 2.75) is 209 Å². The van der Waals surface area contributed by atoms with Crippen LogP contribution in [0.3, 0.4) is 0 Å². The van der Waals surface area contributed by atoms with Crippen LogP contribution in [0.25, 0.3) is 33.1 Å². The predicted octanol–water partition coefficient (Wildman–Crippen LogP) is 18.7. The second-order valence-corrected chi connectivity index (χ2v) is 42.8. The standard InChI is InChI=1S/C33H44N6O4S.C32H41N7O4S.C32H42N6O4S/c1-21(2)43-29-19-26(24-10-9-15-39(20-24)16-17-42-6)23(5)18-28(29)36-33-37-31-25(13-14-34-31)32(38-33)35-27-11-7-8-12-30(27)44(40,41)22(3)4;1-19(2)43-27-18-24(22-12-15-39(16-13-22)32(40)33-6)21(5)17-26(27)36-31-37-29-23(11-14-34-29)30(38-31)35-25-9-7-8-10-28(25)44(41,42)20(3)4;1-20(2)42-28-18-25(23-9-8-14-38(19-23)15-16-39)22(5)17-27(28)35-32-36-30-24(12-13-33-30)31(37-32)34-26-10-6-7-11-29(26)43(40,41)21(3)4/h7-8,11-14,18-19,21-22,24H,9-10,15-17,20H2,1-6H3,(H3,34,35,36,37,38);7-11,14,17-20,22H,12-13,15-16H2,1-6H3,(H,33,40)(H3,34,35,36,37,38);6-7,10-13,17-18,20-21,23,39H,8-9,14-16,19H2,1-5H3,(H3,33,34,35,36,37). The molecule has 0 saturated carbocycles. The van der Waals surface area contributed by atoms with E-state index in [-0.39, 0.29) is 45.6 Å². The Bertz CT molecular complexity index is 6350. The zero-order valence-electron chi connectivity index (χ0n) is 78.1. The zero-order chi connectivity index (χ0) is 93.8. The van der Waals surface area contributed by atoms with Crippen molar-refractivity contribution in [1.82, 2.24) is 64.9 Å². The van der Waals surface area contributed by atoms with Crippen molar-refractivity contribution < 1.29 is 54.1 Å². The van der Waals surface area contributed by atoms with Gasteiger partial charge in [-0.25, -0.2) is 30.0 Å². The van der Waals surface area contributed by atoms with Crippen molar-refractivity contribution in [3.8, 4) is 17.2 Å². The minimum atomic E-state index is -3.54. The predicted molar refractivity (Wildman–Crippen MR) is 522 cm³/mol. The van der Waals surface area contributed by atoms with Gasteiger partial charge in [-0.2, -0.15) is 29.9 Å². The van der Waals surface area contributed by atoms with Crippen molar-refractivity contribution in [2.24, 2.45) is 0 Å². The number of carbonyl (C=O) groups excluding carboxylic acids is 1. The van der Waals surface area contributed by atoms with E-state index >= 15 is 0 Å². The number of aryl methyl sites for hydroxylation is 3. The summed E-state index contributed by atoms with van der Waals surface area (Å²) in [6.45, 7) is 36.3. The number of nitrogens with one attached hydrogen (secondary N) is 10. The Kier molecular flexibility index (Phi) is 31.6. The average Bonchev–Trinajstić information content (AvgIpc) is 1.78. The van der Waals surface area contributed by atoms with E-state index in [1.54, 1.807) is 147 Å². The van der Waals surface area contributed by atoms with Gasteiger partial charge >= 0.3 is 6.03 Å². The van der Waals surface area contributed by atoms with Crippen molar-refractivity contribution >= 4 is 138 Å². The van der Waals surface area contributed by atoms with E-state index in [1.807, 2.05) is 64.6 Å². The number of methoxy groups -OCH3 is 1. The first-order valence-electron chi connectivity index (χ1n) is 45.2. The molecule has 6 aromatic heterocycles. The van der Waals surface area contributed by atoms with Crippen LogP contribution in [-0.4, -0.2) is 210 Å². The van der Waals surface area contributed by atoms with Crippen LogP contribution in [0.15, 0.2) is 161 Å². The smallest absolute Gasteiger partial charge is 0.317 e. The van der Waals surface area contributed by atoms with Gasteiger partial charge in [-0.15, -0.1) is 0 Å². The van der Waals surface area contributed by atoms with Gasteiger partial charge in [0.15, 0.2) is 29.5 Å². The number of benzene rings is 6. The molecule has 2 unspecified atom stereocenters. The number of sulfone groups is 3. The maximum absolute atomic E-state index is 13.1. The Morgan fingerprint density at radius 1 is 0.427 bits per heavy atom. The number of piperidine rings is 3. The fourth-order valence-electron chi connectivity index (χ4n) is 17.0. The van der Waals surface area contributed by atoms with Crippen molar-refractivity contribution in [2.75, 3.05) is 112 Å². The van der Waals surface area contributed by atoms with Gasteiger partial charge in [0, 0.05) is 72.0 Å². The molecule has 131 heavy (non-hydrogen) atoms. The first-order chi connectivity index (χ1) is 62.6. The third-order valence-electron chi connectivity index (χ3n) is 23.7. The Morgan fingerprint density at radius 2 is 0.756 bits per heavy atom. The van der Waals surface area contributed by atoms with Crippen LogP contribution in [0, 0.1) is 20.8 Å². The molecule has 3 fully saturated rings. The quantitative estimate of drug-likeness (QED) is 0.0186. The van der Waals surface area contributed by atoms with E-state index in [0.717, 1.165) is 128 Å². The van der Waals surface area contributed by atoms with Crippen LogP contribution in [-0.2, 0) is 34.2 Å². The molecule has 700 valence electrons. The first-order valence-corrected chi connectivity index (χ1v) is 49.9. The Morgan fingerprint density at radius 3 is 1.07 bits per heavy atom. The van der Waals surface area contributed by atoms with Gasteiger partial charge < -0.3 is 90.9 Å². The summed E-state index contributed by atoms with van der Waals surface area (Å²) in [5, 5.41) is 32.6. The normalized spacial score (nSPS) is 15.6. The second kappa shape index (κ2) is 42.7. The number of aliphatic hydroxyl groups excluding tert-OH is 1. The molecule has 0 aliphatic carbocycles. The number of likely N-dealkylation sites (tertiary alicyclic amines) is 3. The van der Waals surface area contributed by atoms with Crippen LogP contribution in [0.5, 0.6) is 17.2 Å². The van der Waals surface area contributed by atoms with Crippen molar-refractivity contribution in [1.29, 1.82) is 0 Å². The number of urea groups is 1. The number of fused-ring (bicyclic) bond motifs is 3. The number of β-amino-alcohol motifs (C(OH)–C–C–N with tert-alkyl or cyclic N) is 1. The van der Waals surface area contributed by atoms with E-state index in [2.05, 4.69) is 119 Å². The van der Waals surface area contributed by atoms with Gasteiger partial charge in [0.1, 0.15) is 51.6 Å². The highest BCUT2D eigenvalue weighted by Gasteiger charge is 2.33. The number of hydrogen-bond donors (Lipinski definition) is 11. The summed E-state index contributed by atoms with van der Waals surface area (Å²) in [5.74, 6) is 5.68. The maximum Gasteiger partial charge on any atom is 0.317 e. The molecule has 0 spiro atoms. The van der Waals surface area contributed by atoms with E-state index in [9.17, 15) is 35.2 Å². The van der Waals surface area contributed by atoms with Crippen molar-refractivity contribution in [3.63, 3.8) is 0 Å². The lowest BCUT2D eigenvalue weighted by atomic mass is 9.86. The average molecular weight is 1850 g/mol. The molecular formula is C97H127N19O12S3. The molecule has 34 heteroatoms. The molecule has 31 nitrogen and oxygen atoms in total. The first kappa shape index (κ1) is 96.9. The summed E-state index contributed by atoms with van der Waals surface area (Å²) < 4.78 is 103. The lowest BCUT2D eigenvalue weighted by Gasteiger charge is -2.34. The molecule has 3 aliphatic rings. The molecule has 15 rings (SSSR count). The van der Waals surface area contributed by atoms with Gasteiger partial charge in [0.2, 0.25) is 17.8 Å². The molecule has 12 aromatic rings. The van der Waals surface area contributed by atoms with Crippen LogP contribution in [0.1, 0.15) is 173 Å². The van der Waals surface area contributed by atoms with Crippen LogP contribution < -0.4 is 51.4 Å². The van der Waals surface area contributed by atoms with Crippen LogP contribution in [0.4, 0.5) is 74.2 Å². The molecule has 6 aromatic carbocycles. The summed E-state index contributed by atoms with van der Waals surface area (Å²) >= 11 is 0. The number of amides is 2. The molecular weight excluding hydrogens is 1720 g/mol. The fourth-order valence-corrected chi connectivity index (χ4v) is 20.6. The third-order valence-corrected chi connectivity index (χ3v) is 30.4. The number of carbonyl (C=O) groups is 1. The Balaban J connectivity index is 0.000000167. The van der Waals surface area contributed by atoms with Crippen LogP contribution >= 0.6 is 0 Å². The molecule has 3 aliphatic heterocycles. The minimum absolute atomic E-state index is 0.0286. The third kappa shape index (κ3) is 23.3. The van der Waals surface area contributed by atoms with Crippen LogP contribution in [0.2, 0.25) is 0 Å². The molecule has 0 bridgehead atoms. The SMILES string of the molecule is CNC(=O)N1CCC(c2cc(OC(C)C)c(Nc3nc(Nc4ccccc4S(=O)(=O)C(C)C)c4cc[nH]c4n3)cc2C)CC1.COCCN1CCCC(c2cc(OC(C)C)c(Nc3nc(Nc4ccccc4S(=O)(=O)C(C)C)c4cc[nH]c4n3)cc2C)C1.Cc1cc(Nc2nc(Nc3ccccc3S(=O)(=O)C(C)C)c3cc[nH]c3n2)c(OC(C)C)cc1C1CCCN(CCO)C1. The second-order valence-electron chi connectivity index (χ2n) is 35.4. The number of ether oxygens (including phenoxy) is 4. The maximum atomic E-state index is 13.1. The monoisotopic (exact) mass is 1850 g/mol. The lowest BCUT2D eigenvalue weighted by Crippen LogP contribution is -2.42. The van der Waals surface area contributed by atoms with E-state index in [4.69, 9.17) is 48.9 Å². The Labute approximate surface area is 769 Å². The molecule has 3 saturated heterocycles. The van der Waals surface area contributed by atoms with Gasteiger partial charge in [-0.05, 0) is 298 Å². The van der Waals surface area contributed by atoms with Gasteiger partial charge in [0.05, 0.1) is 112 Å². The number of H-pyrrole nitrogens is 3. The summed E-state index contributed by atoms with van der Waals surface area (Å²) in [7, 11) is -7.19. The summed E-state index contributed by atoms with van der Waals surface area (Å²) in [4.78, 5) is 57.4. The molecule has 0 radical (unpaired) electrons. The molecule has 11 N–H and O–H groups in total. The molecule has 9 heterocycles. The summed E-state index contributed by atoms with van der Waals surface area (Å²) in [6.07, 6.45) is 11.4. The molecule has 2 atom stereocenters. The van der Waals surface area contributed by atoms with E-state index in [0.29, 0.717) is 118 Å². The number of rotatable bonds is 32. The Hall–Kier alpha value is -11.7. The van der Waals surface area contributed by atoms with Crippen molar-refractivity contribution in [3.05, 3.63) is 179 Å². The van der Waals surface area contributed by atoms with Gasteiger partial charge in [-0.1, -0.05) is 36.4 Å². The molecule has 2 amide bonds. The number of para-hydroxylation sites is 3. The van der Waals surface area contributed by atoms with E-state index in [1.165, 1.54) is 22.3 Å². The zero-order valence-corrected chi connectivity index (χ0v) is 80.5. The summed E-state index contributed by atoms with van der Waals surface area (Å²) in [5.41, 5.74) is 12.6. The van der Waals surface area contributed by atoms with Gasteiger partial charge in [-0.3, -0.25) is 0 Å². The largest absolute Gasteiger partial charge is 0.489 e. The number of anilines is 12. The highest BCUT2D eigenvalue weighted by atomic mass is 32.2. The number of aliphatic hydroxyl groups is 1. The lowest BCUT2D eigenvalue weighted by molar-refractivity contribution is 0.128. The fraction of sp³-hybridized carbons (Fsp3) is 0.433. The summed E-state index contributed by atoms with van der Waals surface area (Å²) in [6, 6.07) is 38.8.